The molecule has 0 fully saturated rings. The second kappa shape index (κ2) is 6.72. The minimum atomic E-state index is -0.322. The highest BCUT2D eigenvalue weighted by Crippen LogP contribution is 2.30. The number of nitrogens with zero attached hydrogens (tertiary/aromatic N) is 2. The molecule has 0 bridgehead atoms. The van der Waals surface area contributed by atoms with Gasteiger partial charge in [-0.05, 0) is 26.0 Å². The first-order valence-corrected chi connectivity index (χ1v) is 7.14. The van der Waals surface area contributed by atoms with Crippen LogP contribution in [-0.4, -0.2) is 23.4 Å². The lowest BCUT2D eigenvalue weighted by molar-refractivity contribution is 0.381. The van der Waals surface area contributed by atoms with E-state index in [0.717, 1.165) is 24.2 Å². The Bertz CT molecular complexity index is 610. The quantitative estimate of drug-likeness (QED) is 0.889. The zero-order valence-corrected chi connectivity index (χ0v) is 13.0. The van der Waals surface area contributed by atoms with Gasteiger partial charge in [-0.3, -0.25) is 4.68 Å². The number of nitrogens with one attached hydrogen (secondary N) is 1. The summed E-state index contributed by atoms with van der Waals surface area (Å²) in [6.45, 7) is 4.87. The van der Waals surface area contributed by atoms with Gasteiger partial charge >= 0.3 is 0 Å². The van der Waals surface area contributed by atoms with Gasteiger partial charge in [0, 0.05) is 23.9 Å². The van der Waals surface area contributed by atoms with Crippen LogP contribution in [0, 0.1) is 12.7 Å². The van der Waals surface area contributed by atoms with E-state index < -0.39 is 0 Å². The number of benzene rings is 1. The van der Waals surface area contributed by atoms with Gasteiger partial charge in [-0.1, -0.05) is 19.1 Å². The third-order valence-electron chi connectivity index (χ3n) is 3.71. The van der Waals surface area contributed by atoms with E-state index in [9.17, 15) is 4.39 Å². The molecule has 1 heterocycles. The number of hydrogen-bond donors (Lipinski definition) is 1. The summed E-state index contributed by atoms with van der Waals surface area (Å²) in [7, 11) is 3.36. The maximum absolute atomic E-state index is 14.6. The first-order valence-electron chi connectivity index (χ1n) is 7.14. The van der Waals surface area contributed by atoms with Crippen molar-refractivity contribution in [2.75, 3.05) is 13.7 Å². The molecular formula is C16H22FN3O. The Morgan fingerprint density at radius 3 is 2.71 bits per heavy atom. The summed E-state index contributed by atoms with van der Waals surface area (Å²) in [5.74, 6) is -0.0609. The van der Waals surface area contributed by atoms with Gasteiger partial charge in [-0.15, -0.1) is 0 Å². The average molecular weight is 291 g/mol. The molecule has 0 saturated heterocycles. The van der Waals surface area contributed by atoms with E-state index in [4.69, 9.17) is 4.74 Å². The lowest BCUT2D eigenvalue weighted by Gasteiger charge is -2.20. The number of methoxy groups -OCH3 is 1. The van der Waals surface area contributed by atoms with E-state index in [2.05, 4.69) is 17.3 Å². The third-order valence-corrected chi connectivity index (χ3v) is 3.71. The topological polar surface area (TPSA) is 39.1 Å². The van der Waals surface area contributed by atoms with Gasteiger partial charge in [0.2, 0.25) is 0 Å². The van der Waals surface area contributed by atoms with Gasteiger partial charge in [0.25, 0.3) is 0 Å². The zero-order chi connectivity index (χ0) is 15.4. The fourth-order valence-corrected chi connectivity index (χ4v) is 2.38. The number of hydrogen-bond acceptors (Lipinski definition) is 3. The van der Waals surface area contributed by atoms with Crippen molar-refractivity contribution in [2.24, 2.45) is 7.05 Å². The van der Waals surface area contributed by atoms with Crippen LogP contribution in [0.3, 0.4) is 0 Å². The summed E-state index contributed by atoms with van der Waals surface area (Å²) >= 11 is 0. The normalized spacial score (nSPS) is 12.4. The van der Waals surface area contributed by atoms with Crippen molar-refractivity contribution in [1.29, 1.82) is 0 Å². The van der Waals surface area contributed by atoms with Crippen molar-refractivity contribution < 1.29 is 9.13 Å². The minimum absolute atomic E-state index is 0.228. The molecule has 1 aromatic heterocycles. The number of aromatic nitrogens is 2. The molecular weight excluding hydrogens is 269 g/mol. The number of rotatable bonds is 6. The van der Waals surface area contributed by atoms with Gasteiger partial charge in [0.15, 0.2) is 11.6 Å². The van der Waals surface area contributed by atoms with Crippen LogP contribution in [0.1, 0.15) is 36.2 Å². The fourth-order valence-electron chi connectivity index (χ4n) is 2.38. The van der Waals surface area contributed by atoms with Crippen LogP contribution in [0.5, 0.6) is 5.75 Å². The molecule has 2 aromatic rings. The van der Waals surface area contributed by atoms with Gasteiger partial charge < -0.3 is 10.1 Å². The van der Waals surface area contributed by atoms with Crippen LogP contribution < -0.4 is 10.1 Å². The zero-order valence-electron chi connectivity index (χ0n) is 13.0. The van der Waals surface area contributed by atoms with E-state index >= 15 is 0 Å². The molecule has 0 spiro atoms. The van der Waals surface area contributed by atoms with Crippen LogP contribution in [0.15, 0.2) is 24.4 Å². The molecule has 2 rings (SSSR count). The predicted octanol–water partition coefficient (Wildman–Crippen LogP) is 2.97. The molecule has 1 atom stereocenters. The molecule has 1 unspecified atom stereocenters. The average Bonchev–Trinajstić information content (AvgIpc) is 2.81. The SMILES string of the molecule is CCCNC(c1cccc(OC)c1F)c1cnn(C)c1C. The van der Waals surface area contributed by atoms with E-state index in [1.807, 2.05) is 20.0 Å². The van der Waals surface area contributed by atoms with Crippen molar-refractivity contribution in [3.63, 3.8) is 0 Å². The highest BCUT2D eigenvalue weighted by Gasteiger charge is 2.22. The predicted molar refractivity (Wildman–Crippen MR) is 81.0 cm³/mol. The number of ether oxygens (including phenoxy) is 1. The van der Waals surface area contributed by atoms with Crippen LogP contribution in [0.25, 0.3) is 0 Å². The summed E-state index contributed by atoms with van der Waals surface area (Å²) < 4.78 is 21.5. The number of aryl methyl sites for hydroxylation is 1. The van der Waals surface area contributed by atoms with Crippen molar-refractivity contribution in [2.45, 2.75) is 26.3 Å². The van der Waals surface area contributed by atoms with Gasteiger partial charge in [-0.25, -0.2) is 4.39 Å². The van der Waals surface area contributed by atoms with Crippen molar-refractivity contribution >= 4 is 0 Å². The van der Waals surface area contributed by atoms with Crippen LogP contribution in [0.4, 0.5) is 4.39 Å². The van der Waals surface area contributed by atoms with E-state index in [-0.39, 0.29) is 17.6 Å². The molecule has 0 aliphatic heterocycles. The Kier molecular flexibility index (Phi) is 4.96. The monoisotopic (exact) mass is 291 g/mol. The van der Waals surface area contributed by atoms with Crippen molar-refractivity contribution in [3.05, 3.63) is 47.0 Å². The highest BCUT2D eigenvalue weighted by molar-refractivity contribution is 5.39. The second-order valence-electron chi connectivity index (χ2n) is 5.06. The maximum atomic E-state index is 14.6. The molecule has 0 aliphatic rings. The second-order valence-corrected chi connectivity index (χ2v) is 5.06. The van der Waals surface area contributed by atoms with Crippen LogP contribution in [0.2, 0.25) is 0 Å². The molecule has 0 radical (unpaired) electrons. The molecule has 0 amide bonds. The molecule has 114 valence electrons. The largest absolute Gasteiger partial charge is 0.494 e. The molecule has 21 heavy (non-hydrogen) atoms. The van der Waals surface area contributed by atoms with Crippen molar-refractivity contribution in [3.8, 4) is 5.75 Å². The molecule has 0 saturated carbocycles. The first kappa shape index (κ1) is 15.5. The van der Waals surface area contributed by atoms with E-state index in [0.29, 0.717) is 5.56 Å². The Hall–Kier alpha value is -1.88. The Balaban J connectivity index is 2.48. The third kappa shape index (κ3) is 3.08. The Morgan fingerprint density at radius 2 is 2.14 bits per heavy atom. The lowest BCUT2D eigenvalue weighted by Crippen LogP contribution is -2.24. The maximum Gasteiger partial charge on any atom is 0.170 e. The Morgan fingerprint density at radius 1 is 1.38 bits per heavy atom. The molecule has 0 aliphatic carbocycles. The van der Waals surface area contributed by atoms with Crippen LogP contribution >= 0.6 is 0 Å². The fraction of sp³-hybridized carbons (Fsp3) is 0.438. The van der Waals surface area contributed by atoms with Gasteiger partial charge in [0.05, 0.1) is 19.3 Å². The number of halogens is 1. The molecule has 1 aromatic carbocycles. The van der Waals surface area contributed by atoms with Crippen molar-refractivity contribution in [1.82, 2.24) is 15.1 Å². The highest BCUT2D eigenvalue weighted by atomic mass is 19.1. The lowest BCUT2D eigenvalue weighted by atomic mass is 9.98. The molecule has 1 N–H and O–H groups in total. The summed E-state index contributed by atoms with van der Waals surface area (Å²) in [5.41, 5.74) is 2.59. The summed E-state index contributed by atoms with van der Waals surface area (Å²) in [6, 6.07) is 5.00. The minimum Gasteiger partial charge on any atom is -0.494 e. The van der Waals surface area contributed by atoms with E-state index in [1.54, 1.807) is 23.0 Å². The molecule has 4 nitrogen and oxygen atoms in total. The Labute approximate surface area is 124 Å². The summed E-state index contributed by atoms with van der Waals surface area (Å²) in [5, 5.41) is 7.67. The first-order chi connectivity index (χ1) is 10.1. The van der Waals surface area contributed by atoms with E-state index in [1.165, 1.54) is 7.11 Å². The smallest absolute Gasteiger partial charge is 0.170 e. The molecule has 5 heteroatoms. The van der Waals surface area contributed by atoms with Gasteiger partial charge in [-0.2, -0.15) is 5.10 Å². The summed E-state index contributed by atoms with van der Waals surface area (Å²) in [4.78, 5) is 0. The summed E-state index contributed by atoms with van der Waals surface area (Å²) in [6.07, 6.45) is 2.77. The van der Waals surface area contributed by atoms with Gasteiger partial charge in [0.1, 0.15) is 0 Å². The van der Waals surface area contributed by atoms with Crippen LogP contribution in [-0.2, 0) is 7.05 Å². The standard InChI is InChI=1S/C16H22FN3O/c1-5-9-18-16(13-10-19-20(3)11(13)2)12-7-6-8-14(21-4)15(12)17/h6-8,10,16,18H,5,9H2,1-4H3.